The molecule has 0 fully saturated rings. The molecule has 0 bridgehead atoms. The van der Waals surface area contributed by atoms with Crippen molar-refractivity contribution >= 4 is 21.9 Å². The van der Waals surface area contributed by atoms with Crippen molar-refractivity contribution < 1.29 is 19.4 Å². The van der Waals surface area contributed by atoms with Gasteiger partial charge in [0.2, 0.25) is 0 Å². The highest BCUT2D eigenvalue weighted by Gasteiger charge is 2.13. The van der Waals surface area contributed by atoms with Gasteiger partial charge in [0, 0.05) is 6.54 Å². The molecule has 1 aromatic rings. The maximum atomic E-state index is 10.5. The molecule has 6 heteroatoms. The first-order valence-corrected chi connectivity index (χ1v) is 7.27. The molecule has 2 N–H and O–H groups in total. The molecule has 0 saturated heterocycles. The van der Waals surface area contributed by atoms with Crippen LogP contribution in [0.15, 0.2) is 16.6 Å². The van der Waals surface area contributed by atoms with Crippen molar-refractivity contribution in [1.82, 2.24) is 5.32 Å². The van der Waals surface area contributed by atoms with Crippen molar-refractivity contribution in [1.29, 1.82) is 0 Å². The van der Waals surface area contributed by atoms with Crippen LogP contribution in [0.1, 0.15) is 26.3 Å². The summed E-state index contributed by atoms with van der Waals surface area (Å²) in [6.45, 7) is 6.71. The fourth-order valence-corrected chi connectivity index (χ4v) is 2.23. The van der Waals surface area contributed by atoms with E-state index in [0.717, 1.165) is 10.0 Å². The number of carboxylic acid groups (broad SMARTS) is 1. The molecule has 112 valence electrons. The molecule has 0 aliphatic carbocycles. The van der Waals surface area contributed by atoms with E-state index in [4.69, 9.17) is 14.6 Å². The number of carbonyl (C=O) groups is 1. The summed E-state index contributed by atoms with van der Waals surface area (Å²) in [6.07, 6.45) is 0.0430. The van der Waals surface area contributed by atoms with Crippen molar-refractivity contribution in [3.05, 3.63) is 22.2 Å². The molecule has 1 aromatic carbocycles. The molecule has 0 heterocycles. The summed E-state index contributed by atoms with van der Waals surface area (Å²) in [7, 11) is 0. The molecular formula is C14H20BrNO4. The predicted octanol–water partition coefficient (Wildman–Crippen LogP) is 2.81. The molecule has 0 aliphatic rings. The van der Waals surface area contributed by atoms with Gasteiger partial charge in [-0.2, -0.15) is 0 Å². The third-order valence-corrected chi connectivity index (χ3v) is 2.92. The highest BCUT2D eigenvalue weighted by atomic mass is 79.9. The molecule has 5 nitrogen and oxygen atoms in total. The Labute approximate surface area is 127 Å². The fourth-order valence-electron chi connectivity index (χ4n) is 1.65. The van der Waals surface area contributed by atoms with Crippen molar-refractivity contribution in [3.63, 3.8) is 0 Å². The van der Waals surface area contributed by atoms with E-state index < -0.39 is 5.97 Å². The summed E-state index contributed by atoms with van der Waals surface area (Å²) in [6, 6.07) is 3.76. The number of carboxylic acids is 1. The van der Waals surface area contributed by atoms with Gasteiger partial charge in [0.25, 0.3) is 0 Å². The number of halogens is 1. The van der Waals surface area contributed by atoms with Crippen molar-refractivity contribution in [2.24, 2.45) is 0 Å². The van der Waals surface area contributed by atoms with Crippen LogP contribution in [0.5, 0.6) is 11.5 Å². The zero-order valence-electron chi connectivity index (χ0n) is 11.9. The summed E-state index contributed by atoms with van der Waals surface area (Å²) < 4.78 is 12.1. The zero-order chi connectivity index (χ0) is 15.1. The normalized spacial score (nSPS) is 10.7. The number of ether oxygens (including phenoxy) is 2. The molecule has 0 saturated carbocycles. The first-order chi connectivity index (χ1) is 9.43. The lowest BCUT2D eigenvalue weighted by molar-refractivity contribution is -0.135. The average molecular weight is 346 g/mol. The largest absolute Gasteiger partial charge is 0.490 e. The van der Waals surface area contributed by atoms with Crippen LogP contribution >= 0.6 is 15.9 Å². The predicted molar refractivity (Wildman–Crippen MR) is 80.4 cm³/mol. The van der Waals surface area contributed by atoms with Crippen LogP contribution in [0.25, 0.3) is 0 Å². The smallest absolute Gasteiger partial charge is 0.317 e. The number of nitrogens with one attached hydrogen (secondary N) is 1. The number of rotatable bonds is 8. The molecule has 20 heavy (non-hydrogen) atoms. The van der Waals surface area contributed by atoms with Gasteiger partial charge < -0.3 is 19.9 Å². The quantitative estimate of drug-likeness (QED) is 0.758. The summed E-state index contributed by atoms with van der Waals surface area (Å²) in [5.74, 6) is 0.445. The van der Waals surface area contributed by atoms with E-state index in [9.17, 15) is 4.79 Å². The van der Waals surface area contributed by atoms with E-state index in [1.807, 2.05) is 32.9 Å². The van der Waals surface area contributed by atoms with Crippen molar-refractivity contribution in [2.75, 3.05) is 13.2 Å². The van der Waals surface area contributed by atoms with E-state index in [-0.39, 0.29) is 12.6 Å². The zero-order valence-corrected chi connectivity index (χ0v) is 13.5. The van der Waals surface area contributed by atoms with Gasteiger partial charge in [0.15, 0.2) is 11.5 Å². The van der Waals surface area contributed by atoms with Gasteiger partial charge in [-0.1, -0.05) is 0 Å². The average Bonchev–Trinajstić information content (AvgIpc) is 2.33. The second kappa shape index (κ2) is 8.11. The van der Waals surface area contributed by atoms with E-state index in [0.29, 0.717) is 24.7 Å². The maximum absolute atomic E-state index is 10.5. The molecule has 0 aromatic heterocycles. The fraction of sp³-hybridized carbons (Fsp3) is 0.500. The third kappa shape index (κ3) is 5.38. The van der Waals surface area contributed by atoms with Crippen LogP contribution in [0.2, 0.25) is 0 Å². The minimum Gasteiger partial charge on any atom is -0.490 e. The Kier molecular flexibility index (Phi) is 6.81. The van der Waals surface area contributed by atoms with E-state index in [2.05, 4.69) is 21.2 Å². The second-order valence-corrected chi connectivity index (χ2v) is 5.36. The van der Waals surface area contributed by atoms with Gasteiger partial charge >= 0.3 is 5.97 Å². The summed E-state index contributed by atoms with van der Waals surface area (Å²) in [4.78, 5) is 10.5. The maximum Gasteiger partial charge on any atom is 0.317 e. The van der Waals surface area contributed by atoms with E-state index in [1.54, 1.807) is 0 Å². The Morgan fingerprint density at radius 1 is 1.45 bits per heavy atom. The van der Waals surface area contributed by atoms with Gasteiger partial charge in [0.05, 0.1) is 23.7 Å². The van der Waals surface area contributed by atoms with E-state index in [1.165, 1.54) is 0 Å². The Hall–Kier alpha value is -1.27. The third-order valence-electron chi connectivity index (χ3n) is 2.33. The Morgan fingerprint density at radius 2 is 2.15 bits per heavy atom. The van der Waals surface area contributed by atoms with Crippen LogP contribution in [-0.4, -0.2) is 30.3 Å². The molecule has 0 unspecified atom stereocenters. The van der Waals surface area contributed by atoms with E-state index >= 15 is 0 Å². The Morgan fingerprint density at radius 3 is 2.70 bits per heavy atom. The van der Waals surface area contributed by atoms with Crippen LogP contribution in [-0.2, 0) is 11.3 Å². The van der Waals surface area contributed by atoms with Gasteiger partial charge in [-0.25, -0.2) is 0 Å². The molecular weight excluding hydrogens is 326 g/mol. The topological polar surface area (TPSA) is 67.8 Å². The highest BCUT2D eigenvalue weighted by Crippen LogP contribution is 2.37. The van der Waals surface area contributed by atoms with Crippen LogP contribution in [0.3, 0.4) is 0 Å². The van der Waals surface area contributed by atoms with Crippen LogP contribution in [0, 0.1) is 0 Å². The van der Waals surface area contributed by atoms with Crippen LogP contribution < -0.4 is 14.8 Å². The number of benzene rings is 1. The molecule has 1 rings (SSSR count). The lowest BCUT2D eigenvalue weighted by atomic mass is 10.2. The molecule has 0 spiro atoms. The number of hydrogen-bond donors (Lipinski definition) is 2. The minimum absolute atomic E-state index is 0.0430. The number of hydrogen-bond acceptors (Lipinski definition) is 4. The van der Waals surface area contributed by atoms with Crippen molar-refractivity contribution in [3.8, 4) is 11.5 Å². The van der Waals surface area contributed by atoms with Gasteiger partial charge in [-0.3, -0.25) is 4.79 Å². The van der Waals surface area contributed by atoms with Gasteiger partial charge in [-0.15, -0.1) is 0 Å². The molecule has 0 aliphatic heterocycles. The monoisotopic (exact) mass is 345 g/mol. The first kappa shape index (κ1) is 16.8. The standard InChI is InChI=1S/C14H20BrNO4/c1-4-19-12-6-10(7-16-8-13(17)18)5-11(15)14(12)20-9(2)3/h5-6,9,16H,4,7-8H2,1-3H3,(H,17,18). The van der Waals surface area contributed by atoms with Gasteiger partial charge in [-0.05, 0) is 54.4 Å². The molecule has 0 atom stereocenters. The first-order valence-electron chi connectivity index (χ1n) is 6.48. The molecule has 0 amide bonds. The highest BCUT2D eigenvalue weighted by molar-refractivity contribution is 9.10. The lowest BCUT2D eigenvalue weighted by Gasteiger charge is -2.17. The Bertz CT molecular complexity index is 463. The van der Waals surface area contributed by atoms with Gasteiger partial charge in [0.1, 0.15) is 0 Å². The van der Waals surface area contributed by atoms with Crippen molar-refractivity contribution in [2.45, 2.75) is 33.4 Å². The summed E-state index contributed by atoms with van der Waals surface area (Å²) in [5.41, 5.74) is 0.928. The number of aliphatic carboxylic acids is 1. The molecule has 0 radical (unpaired) electrons. The van der Waals surface area contributed by atoms with Crippen LogP contribution in [0.4, 0.5) is 0 Å². The minimum atomic E-state index is -0.881. The SMILES string of the molecule is CCOc1cc(CNCC(=O)O)cc(Br)c1OC(C)C. The second-order valence-electron chi connectivity index (χ2n) is 4.50. The summed E-state index contributed by atoms with van der Waals surface area (Å²) >= 11 is 3.47. The summed E-state index contributed by atoms with van der Waals surface area (Å²) in [5, 5.41) is 11.5. The Balaban J connectivity index is 2.90. The lowest BCUT2D eigenvalue weighted by Crippen LogP contribution is -2.22.